The van der Waals surface area contributed by atoms with E-state index in [0.29, 0.717) is 0 Å². The second-order valence-corrected chi connectivity index (χ2v) is 6.94. The van der Waals surface area contributed by atoms with Gasteiger partial charge in [-0.2, -0.15) is 0 Å². The lowest BCUT2D eigenvalue weighted by Crippen LogP contribution is -2.64. The molecule has 0 aromatic carbocycles. The Bertz CT molecular complexity index is 551. The van der Waals surface area contributed by atoms with E-state index in [1.807, 2.05) is 18.2 Å². The van der Waals surface area contributed by atoms with E-state index in [1.165, 1.54) is 32.5 Å². The highest BCUT2D eigenvalue weighted by atomic mass is 79.9. The van der Waals surface area contributed by atoms with Crippen LogP contribution in [-0.2, 0) is 0 Å². The molecule has 20 heavy (non-hydrogen) atoms. The summed E-state index contributed by atoms with van der Waals surface area (Å²) in [5.41, 5.74) is 0.269. The van der Waals surface area contributed by atoms with E-state index in [9.17, 15) is 0 Å². The summed E-state index contributed by atoms with van der Waals surface area (Å²) in [5.74, 6) is 2.82. The van der Waals surface area contributed by atoms with Gasteiger partial charge in [-0.05, 0) is 72.4 Å². The molecule has 4 nitrogen and oxygen atoms in total. The minimum atomic E-state index is 0.269. The number of pyridine rings is 1. The largest absolute Gasteiger partial charge is 0.365 e. The minimum absolute atomic E-state index is 0.269. The number of hydrogen-bond donors (Lipinski definition) is 2. The first-order valence-electron chi connectivity index (χ1n) is 7.34. The maximum Gasteiger partial charge on any atom is 0.132 e. The van der Waals surface area contributed by atoms with Gasteiger partial charge in [-0.15, -0.1) is 0 Å². The molecule has 1 aromatic heterocycles. The minimum Gasteiger partial charge on any atom is -0.365 e. The average molecular weight is 335 g/mol. The Morgan fingerprint density at radius 1 is 1.35 bits per heavy atom. The number of nitrogens with zero attached hydrogens (tertiary/aromatic N) is 2. The number of hydrogen-bond acceptors (Lipinski definition) is 4. The van der Waals surface area contributed by atoms with E-state index in [2.05, 4.69) is 42.5 Å². The van der Waals surface area contributed by atoms with Crippen molar-refractivity contribution in [1.82, 2.24) is 15.2 Å². The Morgan fingerprint density at radius 2 is 2.20 bits per heavy atom. The summed E-state index contributed by atoms with van der Waals surface area (Å²) in [6.07, 6.45) is 6.10. The number of rotatable bonds is 2. The van der Waals surface area contributed by atoms with Gasteiger partial charge < -0.3 is 15.5 Å². The fourth-order valence-corrected chi connectivity index (χ4v) is 4.24. The van der Waals surface area contributed by atoms with Crippen molar-refractivity contribution >= 4 is 21.7 Å². The lowest BCUT2D eigenvalue weighted by Gasteiger charge is -2.52. The topological polar surface area (TPSA) is 40.2 Å². The first-order valence-corrected chi connectivity index (χ1v) is 8.13. The predicted octanol–water partition coefficient (Wildman–Crippen LogP) is 2.56. The fraction of sp³-hybridized carbons (Fsp3) is 0.533. The quantitative estimate of drug-likeness (QED) is 0.815. The SMILES string of the molecule is Brc1cccc(NC2=CCC3(CN4CCC3CC4)N2)n1. The van der Waals surface area contributed by atoms with E-state index in [-0.39, 0.29) is 5.54 Å². The molecular formula is C15H19BrN4. The molecule has 0 aliphatic carbocycles. The highest BCUT2D eigenvalue weighted by Gasteiger charge is 2.48. The zero-order chi connectivity index (χ0) is 13.6. The number of piperidine rings is 3. The third-order valence-corrected chi connectivity index (χ3v) is 5.35. The van der Waals surface area contributed by atoms with Crippen molar-refractivity contribution in [1.29, 1.82) is 0 Å². The van der Waals surface area contributed by atoms with Gasteiger partial charge in [0.1, 0.15) is 16.2 Å². The molecule has 4 aliphatic rings. The van der Waals surface area contributed by atoms with Gasteiger partial charge in [-0.1, -0.05) is 6.07 Å². The molecule has 0 amide bonds. The van der Waals surface area contributed by atoms with E-state index in [0.717, 1.165) is 28.6 Å². The summed E-state index contributed by atoms with van der Waals surface area (Å²) in [4.78, 5) is 7.03. The van der Waals surface area contributed by atoms with Crippen LogP contribution in [0.2, 0.25) is 0 Å². The molecule has 1 atom stereocenters. The number of halogens is 1. The van der Waals surface area contributed by atoms with Gasteiger partial charge in [0, 0.05) is 6.54 Å². The Balaban J connectivity index is 1.48. The second-order valence-electron chi connectivity index (χ2n) is 6.12. The van der Waals surface area contributed by atoms with Crippen molar-refractivity contribution < 1.29 is 0 Å². The number of fused-ring (bicyclic) bond motifs is 2. The zero-order valence-corrected chi connectivity index (χ0v) is 13.0. The molecule has 2 bridgehead atoms. The van der Waals surface area contributed by atoms with Crippen LogP contribution in [0.1, 0.15) is 19.3 Å². The van der Waals surface area contributed by atoms with Gasteiger partial charge in [0.15, 0.2) is 0 Å². The molecule has 1 spiro atoms. The first kappa shape index (κ1) is 12.7. The monoisotopic (exact) mass is 334 g/mol. The van der Waals surface area contributed by atoms with Crippen molar-refractivity contribution in [2.75, 3.05) is 25.0 Å². The van der Waals surface area contributed by atoms with E-state index < -0.39 is 0 Å². The molecule has 106 valence electrons. The standard InChI is InChI=1S/C15H19BrN4/c16-12-2-1-3-13(17-12)18-14-4-7-15(19-14)10-20-8-5-11(15)6-9-20/h1-4,11,19H,5-10H2,(H,17,18). The summed E-state index contributed by atoms with van der Waals surface area (Å²) in [5, 5.41) is 7.16. The van der Waals surface area contributed by atoms with Crippen LogP contribution in [0.15, 0.2) is 34.7 Å². The van der Waals surface area contributed by atoms with Gasteiger partial charge >= 0.3 is 0 Å². The summed E-state index contributed by atoms with van der Waals surface area (Å²) in [6.45, 7) is 3.75. The molecule has 5 heteroatoms. The van der Waals surface area contributed by atoms with Crippen LogP contribution in [0, 0.1) is 5.92 Å². The second kappa shape index (κ2) is 4.74. The van der Waals surface area contributed by atoms with Crippen molar-refractivity contribution in [3.8, 4) is 0 Å². The van der Waals surface area contributed by atoms with Crippen LogP contribution in [0.5, 0.6) is 0 Å². The van der Waals surface area contributed by atoms with Gasteiger partial charge in [0.2, 0.25) is 0 Å². The van der Waals surface area contributed by atoms with Crippen molar-refractivity contribution in [2.24, 2.45) is 5.92 Å². The fourth-order valence-electron chi connectivity index (χ4n) is 3.90. The van der Waals surface area contributed by atoms with Crippen LogP contribution in [0.4, 0.5) is 5.82 Å². The van der Waals surface area contributed by atoms with E-state index in [4.69, 9.17) is 0 Å². The van der Waals surface area contributed by atoms with E-state index in [1.54, 1.807) is 0 Å². The molecule has 3 fully saturated rings. The van der Waals surface area contributed by atoms with Crippen LogP contribution in [0.25, 0.3) is 0 Å². The Kier molecular flexibility index (Phi) is 3.00. The smallest absolute Gasteiger partial charge is 0.132 e. The lowest BCUT2D eigenvalue weighted by molar-refractivity contribution is 0.0189. The molecule has 1 unspecified atom stereocenters. The summed E-state index contributed by atoms with van der Waals surface area (Å²) >= 11 is 3.41. The molecule has 0 saturated carbocycles. The summed E-state index contributed by atoms with van der Waals surface area (Å²) in [7, 11) is 0. The molecule has 0 radical (unpaired) electrons. The van der Waals surface area contributed by atoms with Gasteiger partial charge in [0.25, 0.3) is 0 Å². The molecule has 3 saturated heterocycles. The van der Waals surface area contributed by atoms with Crippen LogP contribution < -0.4 is 10.6 Å². The van der Waals surface area contributed by atoms with E-state index >= 15 is 0 Å². The molecule has 5 heterocycles. The van der Waals surface area contributed by atoms with Crippen molar-refractivity contribution in [3.63, 3.8) is 0 Å². The molecular weight excluding hydrogens is 316 g/mol. The molecule has 5 rings (SSSR count). The maximum absolute atomic E-state index is 4.43. The van der Waals surface area contributed by atoms with Crippen molar-refractivity contribution in [2.45, 2.75) is 24.8 Å². The first-order chi connectivity index (χ1) is 9.73. The maximum atomic E-state index is 4.43. The van der Waals surface area contributed by atoms with Crippen LogP contribution >= 0.6 is 15.9 Å². The van der Waals surface area contributed by atoms with Crippen LogP contribution in [0.3, 0.4) is 0 Å². The Morgan fingerprint density at radius 3 is 2.90 bits per heavy atom. The third-order valence-electron chi connectivity index (χ3n) is 4.91. The van der Waals surface area contributed by atoms with Crippen LogP contribution in [-0.4, -0.2) is 35.1 Å². The number of nitrogens with one attached hydrogen (secondary N) is 2. The average Bonchev–Trinajstić information content (AvgIpc) is 2.83. The van der Waals surface area contributed by atoms with Gasteiger partial charge in [-0.3, -0.25) is 0 Å². The summed E-state index contributed by atoms with van der Waals surface area (Å²) < 4.78 is 0.860. The Labute approximate surface area is 127 Å². The highest BCUT2D eigenvalue weighted by Crippen LogP contribution is 2.41. The molecule has 2 N–H and O–H groups in total. The summed E-state index contributed by atoms with van der Waals surface area (Å²) in [6, 6.07) is 5.93. The molecule has 4 aliphatic heterocycles. The number of anilines is 1. The highest BCUT2D eigenvalue weighted by molar-refractivity contribution is 9.10. The third kappa shape index (κ3) is 2.13. The van der Waals surface area contributed by atoms with Gasteiger partial charge in [0.05, 0.1) is 5.54 Å². The predicted molar refractivity (Wildman–Crippen MR) is 83.3 cm³/mol. The molecule has 1 aromatic rings. The zero-order valence-electron chi connectivity index (χ0n) is 11.4. The lowest BCUT2D eigenvalue weighted by atomic mass is 9.72. The number of aromatic nitrogens is 1. The Hall–Kier alpha value is -1.07. The van der Waals surface area contributed by atoms with Gasteiger partial charge in [-0.25, -0.2) is 4.98 Å². The van der Waals surface area contributed by atoms with Crippen molar-refractivity contribution in [3.05, 3.63) is 34.7 Å². The normalized spacial score (nSPS) is 35.0.